The second-order valence-corrected chi connectivity index (χ2v) is 7.55. The van der Waals surface area contributed by atoms with Crippen LogP contribution in [0.5, 0.6) is 0 Å². The molecule has 1 saturated heterocycles. The zero-order valence-electron chi connectivity index (χ0n) is 17.9. The predicted molar refractivity (Wildman–Crippen MR) is 113 cm³/mol. The smallest absolute Gasteiger partial charge is 0.326 e. The molecule has 14 heteroatoms. The highest BCUT2D eigenvalue weighted by Crippen LogP contribution is 2.18. The molecule has 0 radical (unpaired) electrons. The fourth-order valence-electron chi connectivity index (χ4n) is 3.20. The third-order valence-corrected chi connectivity index (χ3v) is 5.02. The van der Waals surface area contributed by atoms with Gasteiger partial charge in [-0.05, 0) is 32.6 Å². The van der Waals surface area contributed by atoms with Gasteiger partial charge in [-0.15, -0.1) is 0 Å². The number of carboxylic acid groups (broad SMARTS) is 1. The first-order chi connectivity index (χ1) is 15.0. The molecule has 1 fully saturated rings. The molecule has 14 nitrogen and oxygen atoms in total. The topological polar surface area (TPSA) is 247 Å². The highest BCUT2D eigenvalue weighted by Gasteiger charge is 2.38. The van der Waals surface area contributed by atoms with E-state index in [0.717, 1.165) is 4.90 Å². The molecule has 5 atom stereocenters. The number of aliphatic hydroxyl groups excluding tert-OH is 2. The van der Waals surface area contributed by atoms with Gasteiger partial charge in [-0.25, -0.2) is 4.79 Å². The van der Waals surface area contributed by atoms with E-state index in [1.165, 1.54) is 6.92 Å². The lowest BCUT2D eigenvalue weighted by Gasteiger charge is -2.28. The van der Waals surface area contributed by atoms with Crippen LogP contribution < -0.4 is 27.8 Å². The molecule has 0 aromatic rings. The maximum absolute atomic E-state index is 12.8. The number of amides is 3. The van der Waals surface area contributed by atoms with Crippen molar-refractivity contribution in [1.29, 1.82) is 0 Å². The van der Waals surface area contributed by atoms with E-state index in [4.69, 9.17) is 17.2 Å². The van der Waals surface area contributed by atoms with E-state index >= 15 is 0 Å². The van der Waals surface area contributed by atoms with Gasteiger partial charge in [0, 0.05) is 13.1 Å². The summed E-state index contributed by atoms with van der Waals surface area (Å²) < 4.78 is 0. The Labute approximate surface area is 185 Å². The van der Waals surface area contributed by atoms with Gasteiger partial charge < -0.3 is 48.1 Å². The molecular formula is C18H33N7O7. The third-order valence-electron chi connectivity index (χ3n) is 5.02. The zero-order valence-corrected chi connectivity index (χ0v) is 17.9. The highest BCUT2D eigenvalue weighted by atomic mass is 16.4. The van der Waals surface area contributed by atoms with Crippen LogP contribution in [-0.4, -0.2) is 99.8 Å². The number of carbonyl (C=O) groups excluding carboxylic acids is 3. The zero-order chi connectivity index (χ0) is 24.4. The summed E-state index contributed by atoms with van der Waals surface area (Å²) in [7, 11) is 0. The Morgan fingerprint density at radius 1 is 1.16 bits per heavy atom. The molecule has 1 rings (SSSR count). The molecule has 0 spiro atoms. The van der Waals surface area contributed by atoms with E-state index in [0.29, 0.717) is 6.42 Å². The van der Waals surface area contributed by atoms with Gasteiger partial charge in [0.1, 0.15) is 24.2 Å². The van der Waals surface area contributed by atoms with Crippen molar-refractivity contribution in [2.75, 3.05) is 19.7 Å². The van der Waals surface area contributed by atoms with Crippen LogP contribution >= 0.6 is 0 Å². The van der Waals surface area contributed by atoms with Crippen LogP contribution in [0.25, 0.3) is 0 Å². The van der Waals surface area contributed by atoms with Crippen LogP contribution in [0.3, 0.4) is 0 Å². The van der Waals surface area contributed by atoms with Crippen molar-refractivity contribution in [1.82, 2.24) is 15.5 Å². The summed E-state index contributed by atoms with van der Waals surface area (Å²) in [5.74, 6) is -3.64. The number of aliphatic hydroxyl groups is 2. The van der Waals surface area contributed by atoms with Crippen molar-refractivity contribution in [3.05, 3.63) is 0 Å². The maximum Gasteiger partial charge on any atom is 0.326 e. The number of nitrogens with one attached hydrogen (secondary N) is 2. The van der Waals surface area contributed by atoms with Gasteiger partial charge >= 0.3 is 5.97 Å². The molecule has 32 heavy (non-hydrogen) atoms. The monoisotopic (exact) mass is 459 g/mol. The number of likely N-dealkylation sites (tertiary alicyclic amines) is 1. The van der Waals surface area contributed by atoms with Gasteiger partial charge in [-0.3, -0.25) is 19.4 Å². The van der Waals surface area contributed by atoms with E-state index in [2.05, 4.69) is 15.6 Å². The Morgan fingerprint density at radius 2 is 1.78 bits per heavy atom. The van der Waals surface area contributed by atoms with Crippen molar-refractivity contribution in [3.8, 4) is 0 Å². The van der Waals surface area contributed by atoms with Crippen LogP contribution in [0.1, 0.15) is 32.6 Å². The van der Waals surface area contributed by atoms with Gasteiger partial charge in [0.15, 0.2) is 5.96 Å². The second kappa shape index (κ2) is 12.8. The van der Waals surface area contributed by atoms with Gasteiger partial charge in [-0.2, -0.15) is 0 Å². The molecule has 1 aliphatic heterocycles. The number of carbonyl (C=O) groups is 4. The summed E-state index contributed by atoms with van der Waals surface area (Å²) in [6.07, 6.45) is -0.0707. The highest BCUT2D eigenvalue weighted by molar-refractivity contribution is 5.94. The number of rotatable bonds is 12. The van der Waals surface area contributed by atoms with Gasteiger partial charge in [-0.1, -0.05) is 0 Å². The van der Waals surface area contributed by atoms with E-state index < -0.39 is 60.6 Å². The molecule has 1 heterocycles. The summed E-state index contributed by atoms with van der Waals surface area (Å²) in [6, 6.07) is -4.89. The average Bonchev–Trinajstić information content (AvgIpc) is 3.22. The quantitative estimate of drug-likeness (QED) is 0.0793. The number of aliphatic carboxylic acids is 1. The fraction of sp³-hybridized carbons (Fsp3) is 0.722. The van der Waals surface area contributed by atoms with Gasteiger partial charge in [0.05, 0.1) is 12.7 Å². The molecule has 0 aromatic heterocycles. The number of aliphatic imine (C=N–C) groups is 1. The molecule has 0 bridgehead atoms. The minimum absolute atomic E-state index is 0.0642. The summed E-state index contributed by atoms with van der Waals surface area (Å²) in [5.41, 5.74) is 16.1. The lowest BCUT2D eigenvalue weighted by molar-refractivity contribution is -0.150. The summed E-state index contributed by atoms with van der Waals surface area (Å²) in [6.45, 7) is 0.896. The van der Waals surface area contributed by atoms with Crippen molar-refractivity contribution >= 4 is 29.7 Å². The van der Waals surface area contributed by atoms with E-state index in [-0.39, 0.29) is 38.3 Å². The minimum atomic E-state index is -1.40. The number of nitrogens with two attached hydrogens (primary N) is 3. The standard InChI is InChI=1S/C18H33N7O7/c1-9(27)13(19)15(29)23-10(4-2-6-22-18(20)21)14(28)24-11(8-26)16(30)25-7-3-5-12(25)17(31)32/h9-13,26-27H,2-8,19H2,1H3,(H,23,29)(H,24,28)(H,31,32)(H4,20,21,22). The van der Waals surface area contributed by atoms with E-state index in [1.807, 2.05) is 0 Å². The Hall–Kier alpha value is -2.97. The average molecular weight is 460 g/mol. The van der Waals surface area contributed by atoms with Crippen LogP contribution in [0.2, 0.25) is 0 Å². The summed E-state index contributed by atoms with van der Waals surface area (Å²) in [5, 5.41) is 33.2. The van der Waals surface area contributed by atoms with Crippen LogP contribution in [0.15, 0.2) is 4.99 Å². The minimum Gasteiger partial charge on any atom is -0.480 e. The molecular weight excluding hydrogens is 426 g/mol. The number of guanidine groups is 1. The van der Waals surface area contributed by atoms with E-state index in [9.17, 15) is 34.5 Å². The Bertz CT molecular complexity index is 712. The number of hydrogen-bond donors (Lipinski definition) is 8. The first-order valence-electron chi connectivity index (χ1n) is 10.2. The SMILES string of the molecule is CC(O)C(N)C(=O)NC(CCCN=C(N)N)C(=O)NC(CO)C(=O)N1CCCC1C(=O)O. The predicted octanol–water partition coefficient (Wildman–Crippen LogP) is -4.21. The molecule has 11 N–H and O–H groups in total. The lowest BCUT2D eigenvalue weighted by Crippen LogP contribution is -2.58. The third kappa shape index (κ3) is 7.94. The summed E-state index contributed by atoms with van der Waals surface area (Å²) >= 11 is 0. The molecule has 1 aliphatic rings. The first kappa shape index (κ1) is 27.1. The fourth-order valence-corrected chi connectivity index (χ4v) is 3.20. The maximum atomic E-state index is 12.8. The molecule has 182 valence electrons. The number of nitrogens with zero attached hydrogens (tertiary/aromatic N) is 2. The summed E-state index contributed by atoms with van der Waals surface area (Å²) in [4.78, 5) is 53.9. The van der Waals surface area contributed by atoms with Gasteiger partial charge in [0.25, 0.3) is 0 Å². The molecule has 5 unspecified atom stereocenters. The van der Waals surface area contributed by atoms with Crippen LogP contribution in [-0.2, 0) is 19.2 Å². The van der Waals surface area contributed by atoms with Crippen molar-refractivity contribution in [2.45, 2.75) is 62.9 Å². The largest absolute Gasteiger partial charge is 0.480 e. The lowest BCUT2D eigenvalue weighted by atomic mass is 10.1. The van der Waals surface area contributed by atoms with Crippen molar-refractivity contribution in [2.24, 2.45) is 22.2 Å². The number of hydrogen-bond acceptors (Lipinski definition) is 8. The van der Waals surface area contributed by atoms with E-state index in [1.54, 1.807) is 0 Å². The molecule has 3 amide bonds. The molecule has 0 aliphatic carbocycles. The Morgan fingerprint density at radius 3 is 2.31 bits per heavy atom. The Balaban J connectivity index is 2.90. The first-order valence-corrected chi connectivity index (χ1v) is 10.2. The normalized spacial score (nSPS) is 19.4. The van der Waals surface area contributed by atoms with Crippen molar-refractivity contribution < 1.29 is 34.5 Å². The van der Waals surface area contributed by atoms with Gasteiger partial charge in [0.2, 0.25) is 17.7 Å². The molecule has 0 aromatic carbocycles. The van der Waals surface area contributed by atoms with Crippen molar-refractivity contribution in [3.63, 3.8) is 0 Å². The van der Waals surface area contributed by atoms with Crippen LogP contribution in [0.4, 0.5) is 0 Å². The van der Waals surface area contributed by atoms with Crippen LogP contribution in [0, 0.1) is 0 Å². The second-order valence-electron chi connectivity index (χ2n) is 7.55. The Kier molecular flexibility index (Phi) is 10.8. The number of carboxylic acids is 1. The molecule has 0 saturated carbocycles.